The van der Waals surface area contributed by atoms with Crippen LogP contribution in [0.25, 0.3) is 0 Å². The molecule has 0 bridgehead atoms. The van der Waals surface area contributed by atoms with Crippen LogP contribution >= 0.6 is 0 Å². The van der Waals surface area contributed by atoms with Gasteiger partial charge in [-0.15, -0.1) is 0 Å². The van der Waals surface area contributed by atoms with Gasteiger partial charge in [-0.2, -0.15) is 8.42 Å². The van der Waals surface area contributed by atoms with Crippen molar-refractivity contribution in [3.63, 3.8) is 0 Å². The molecular weight excluding hydrogens is 275 g/mol. The molecule has 0 radical (unpaired) electrons. The molecule has 0 aromatic carbocycles. The molecule has 1 N–H and O–H groups in total. The summed E-state index contributed by atoms with van der Waals surface area (Å²) in [5.74, 6) is -0.0828. The Morgan fingerprint density at radius 3 is 2.00 bits per heavy atom. The zero-order valence-corrected chi connectivity index (χ0v) is 15.4. The molecule has 0 aliphatic rings. The molecule has 0 fully saturated rings. The van der Waals surface area contributed by atoms with E-state index in [2.05, 4.69) is 6.92 Å². The molecule has 0 aliphatic carbocycles. The Bertz CT molecular complexity index is 274. The Morgan fingerprint density at radius 1 is 0.947 bits per heavy atom. The molecule has 19 heavy (non-hydrogen) atoms. The molecule has 0 spiro atoms. The van der Waals surface area contributed by atoms with Gasteiger partial charge in [0.2, 0.25) is 0 Å². The molecule has 0 unspecified atom stereocenters. The Hall–Kier alpha value is 0.870. The molecule has 4 nitrogen and oxygen atoms in total. The summed E-state index contributed by atoms with van der Waals surface area (Å²) in [6, 6.07) is 0. The first-order valence-electron chi connectivity index (χ1n) is 7.10. The average molecular weight is 304 g/mol. The average Bonchev–Trinajstić information content (AvgIpc) is 2.34. The van der Waals surface area contributed by atoms with Crippen molar-refractivity contribution in [2.24, 2.45) is 0 Å². The van der Waals surface area contributed by atoms with Crippen LogP contribution in [0.5, 0.6) is 0 Å². The van der Waals surface area contributed by atoms with Gasteiger partial charge in [0.1, 0.15) is 0 Å². The van der Waals surface area contributed by atoms with Crippen LogP contribution in [0, 0.1) is 0 Å². The molecule has 0 aromatic heterocycles. The van der Waals surface area contributed by atoms with Crippen LogP contribution in [-0.4, -0.2) is 32.5 Å². The quantitative estimate of drug-likeness (QED) is 0.295. The molecule has 0 saturated carbocycles. The fourth-order valence-electron chi connectivity index (χ4n) is 1.72. The summed E-state index contributed by atoms with van der Waals surface area (Å²) in [6.45, 7) is 2.37. The Labute approximate surface area is 142 Å². The normalized spacial score (nSPS) is 11.3. The van der Waals surface area contributed by atoms with Crippen LogP contribution < -0.4 is 29.6 Å². The molecule has 6 heteroatoms. The van der Waals surface area contributed by atoms with Gasteiger partial charge < -0.3 is 6.53 Å². The van der Waals surface area contributed by atoms with Gasteiger partial charge >= 0.3 is 29.6 Å². The minimum absolute atomic E-state index is 0. The molecule has 0 saturated heterocycles. The van der Waals surface area contributed by atoms with Crippen molar-refractivity contribution < 1.29 is 48.7 Å². The number of rotatable bonds is 13. The van der Waals surface area contributed by atoms with E-state index in [1.54, 1.807) is 0 Å². The van der Waals surface area contributed by atoms with Gasteiger partial charge in [0, 0.05) is 6.61 Å². The second-order valence-corrected chi connectivity index (χ2v) is 6.40. The zero-order valence-electron chi connectivity index (χ0n) is 13.6. The molecular formula is C13H29NaO4S. The van der Waals surface area contributed by atoms with Gasteiger partial charge in [-0.05, 0) is 12.8 Å². The van der Waals surface area contributed by atoms with Crippen molar-refractivity contribution in [2.45, 2.75) is 64.7 Å². The summed E-state index contributed by atoms with van der Waals surface area (Å²) in [6.07, 6.45) is 9.63. The minimum Gasteiger partial charge on any atom is -1.00 e. The molecule has 112 valence electrons. The Kier molecular flexibility index (Phi) is 17.8. The van der Waals surface area contributed by atoms with E-state index in [9.17, 15) is 8.42 Å². The maximum Gasteiger partial charge on any atom is 1.00 e. The standard InChI is InChI=1S/C13H28O4S.Na.H/c1-2-3-4-5-6-7-8-9-12-17-18(15,16)13-10-11-14;;/h14H,2-13H2,1H3;;/q;+1;-1. The van der Waals surface area contributed by atoms with Crippen molar-refractivity contribution in [2.75, 3.05) is 19.0 Å². The third-order valence-electron chi connectivity index (χ3n) is 2.81. The number of aliphatic hydroxyl groups excluding tert-OH is 1. The monoisotopic (exact) mass is 304 g/mol. The third kappa shape index (κ3) is 16.8. The van der Waals surface area contributed by atoms with E-state index < -0.39 is 10.1 Å². The second-order valence-electron chi connectivity index (χ2n) is 4.64. The van der Waals surface area contributed by atoms with E-state index in [4.69, 9.17) is 9.29 Å². The number of hydrogen-bond donors (Lipinski definition) is 1. The molecule has 0 atom stereocenters. The maximum absolute atomic E-state index is 11.3. The van der Waals surface area contributed by atoms with Crippen molar-refractivity contribution in [3.05, 3.63) is 0 Å². The van der Waals surface area contributed by atoms with Crippen LogP contribution in [-0.2, 0) is 14.3 Å². The third-order valence-corrected chi connectivity index (χ3v) is 4.13. The minimum atomic E-state index is -3.41. The Balaban J connectivity index is -0.00000144. The number of unbranched alkanes of at least 4 members (excludes halogenated alkanes) is 7. The maximum atomic E-state index is 11.3. The van der Waals surface area contributed by atoms with E-state index in [0.29, 0.717) is 0 Å². The SMILES string of the molecule is CCCCCCCCCCOS(=O)(=O)CCCO.[H-].[Na+]. The van der Waals surface area contributed by atoms with E-state index in [1.807, 2.05) is 0 Å². The van der Waals surface area contributed by atoms with Gasteiger partial charge in [-0.1, -0.05) is 51.9 Å². The summed E-state index contributed by atoms with van der Waals surface area (Å²) < 4.78 is 27.4. The molecule has 0 heterocycles. The fraction of sp³-hybridized carbons (Fsp3) is 1.00. The largest absolute Gasteiger partial charge is 1.00 e. The summed E-state index contributed by atoms with van der Waals surface area (Å²) in [7, 11) is -3.41. The summed E-state index contributed by atoms with van der Waals surface area (Å²) >= 11 is 0. The fourth-order valence-corrected chi connectivity index (χ4v) is 2.69. The Morgan fingerprint density at radius 2 is 1.47 bits per heavy atom. The van der Waals surface area contributed by atoms with E-state index in [-0.39, 0.29) is 56.4 Å². The van der Waals surface area contributed by atoms with Gasteiger partial charge in [0.05, 0.1) is 12.4 Å². The van der Waals surface area contributed by atoms with Crippen molar-refractivity contribution in [1.82, 2.24) is 0 Å². The smallest absolute Gasteiger partial charge is 1.00 e. The summed E-state index contributed by atoms with van der Waals surface area (Å²) in [4.78, 5) is 0. The first-order chi connectivity index (χ1) is 8.62. The topological polar surface area (TPSA) is 63.6 Å². The van der Waals surface area contributed by atoms with E-state index in [1.165, 1.54) is 32.1 Å². The summed E-state index contributed by atoms with van der Waals surface area (Å²) in [5.41, 5.74) is 0. The number of aliphatic hydroxyl groups is 1. The summed E-state index contributed by atoms with van der Waals surface area (Å²) in [5, 5.41) is 8.54. The predicted octanol–water partition coefficient (Wildman–Crippen LogP) is -0.0276. The van der Waals surface area contributed by atoms with E-state index in [0.717, 1.165) is 19.3 Å². The van der Waals surface area contributed by atoms with Crippen molar-refractivity contribution in [1.29, 1.82) is 0 Å². The van der Waals surface area contributed by atoms with Crippen LogP contribution in [0.1, 0.15) is 66.1 Å². The van der Waals surface area contributed by atoms with Gasteiger partial charge in [0.15, 0.2) is 0 Å². The first kappa shape index (κ1) is 22.2. The first-order valence-corrected chi connectivity index (χ1v) is 8.68. The van der Waals surface area contributed by atoms with Crippen molar-refractivity contribution in [3.8, 4) is 0 Å². The second kappa shape index (κ2) is 15.3. The predicted molar refractivity (Wildman–Crippen MR) is 75.2 cm³/mol. The number of hydrogen-bond acceptors (Lipinski definition) is 4. The van der Waals surface area contributed by atoms with Crippen LogP contribution in [0.4, 0.5) is 0 Å². The molecule has 0 aliphatic heterocycles. The zero-order chi connectivity index (χ0) is 13.7. The molecule has 0 amide bonds. The molecule has 0 rings (SSSR count). The van der Waals surface area contributed by atoms with Crippen LogP contribution in [0.3, 0.4) is 0 Å². The van der Waals surface area contributed by atoms with Gasteiger partial charge in [-0.3, -0.25) is 4.18 Å². The van der Waals surface area contributed by atoms with Crippen LogP contribution in [0.2, 0.25) is 0 Å². The molecule has 0 aromatic rings. The van der Waals surface area contributed by atoms with E-state index >= 15 is 0 Å². The van der Waals surface area contributed by atoms with Crippen molar-refractivity contribution >= 4 is 10.1 Å². The van der Waals surface area contributed by atoms with Gasteiger partial charge in [0.25, 0.3) is 10.1 Å². The van der Waals surface area contributed by atoms with Crippen LogP contribution in [0.15, 0.2) is 0 Å². The van der Waals surface area contributed by atoms with Gasteiger partial charge in [-0.25, -0.2) is 0 Å².